The van der Waals surface area contributed by atoms with E-state index >= 15 is 0 Å². The maximum absolute atomic E-state index is 13.2. The van der Waals surface area contributed by atoms with Crippen LogP contribution in [0.5, 0.6) is 5.75 Å². The van der Waals surface area contributed by atoms with Crippen molar-refractivity contribution in [1.29, 1.82) is 0 Å². The van der Waals surface area contributed by atoms with Gasteiger partial charge in [0, 0.05) is 17.6 Å². The molecular formula is C22H25ClN6O3. The van der Waals surface area contributed by atoms with Crippen LogP contribution in [-0.4, -0.2) is 57.6 Å². The number of carbonyl (C=O) groups excluding carboxylic acids is 2. The number of ether oxygens (including phenoxy) is 1. The fourth-order valence-corrected chi connectivity index (χ4v) is 3.36. The Hall–Kier alpha value is -3.46. The average Bonchev–Trinajstić information content (AvgIpc) is 3.24. The molecule has 3 rings (SSSR count). The van der Waals surface area contributed by atoms with E-state index in [-0.39, 0.29) is 24.3 Å². The van der Waals surface area contributed by atoms with E-state index in [1.165, 1.54) is 16.8 Å². The van der Waals surface area contributed by atoms with Crippen LogP contribution in [0, 0.1) is 5.92 Å². The molecule has 2 aromatic carbocycles. The molecule has 1 atom stereocenters. The van der Waals surface area contributed by atoms with Gasteiger partial charge in [-0.05, 0) is 29.3 Å². The Morgan fingerprint density at radius 1 is 1.19 bits per heavy atom. The normalized spacial score (nSPS) is 11.8. The van der Waals surface area contributed by atoms with Gasteiger partial charge in [0.1, 0.15) is 5.75 Å². The van der Waals surface area contributed by atoms with Crippen molar-refractivity contribution in [2.45, 2.75) is 19.9 Å². The number of hydrogen-bond acceptors (Lipinski definition) is 6. The summed E-state index contributed by atoms with van der Waals surface area (Å²) in [4.78, 5) is 28.4. The maximum atomic E-state index is 13.2. The minimum atomic E-state index is -0.710. The molecule has 168 valence electrons. The van der Waals surface area contributed by atoms with Crippen molar-refractivity contribution >= 4 is 29.1 Å². The summed E-state index contributed by atoms with van der Waals surface area (Å²) in [5.74, 6) is 0.0825. The fraction of sp³-hybridized carbons (Fsp3) is 0.318. The third-order valence-corrected chi connectivity index (χ3v) is 5.02. The molecule has 0 bridgehead atoms. The second kappa shape index (κ2) is 10.2. The van der Waals surface area contributed by atoms with E-state index in [4.69, 9.17) is 16.3 Å². The number of carbonyl (C=O) groups is 2. The Kier molecular flexibility index (Phi) is 7.42. The fourth-order valence-electron chi connectivity index (χ4n) is 3.18. The number of halogens is 1. The molecule has 0 spiro atoms. The van der Waals surface area contributed by atoms with E-state index < -0.39 is 6.04 Å². The number of tetrazole rings is 1. The summed E-state index contributed by atoms with van der Waals surface area (Å²) in [7, 11) is 3.05. The first-order chi connectivity index (χ1) is 15.3. The molecular weight excluding hydrogens is 432 g/mol. The lowest BCUT2D eigenvalue weighted by Gasteiger charge is -2.25. The minimum Gasteiger partial charge on any atom is -0.495 e. The molecule has 10 heteroatoms. The number of rotatable bonds is 8. The SMILES string of the molecule is COc1ccc(Cl)cc1NC(=O)CN(C)C(=O)C(C(C)C)n1nnc(-c2ccccc2)n1. The number of anilines is 1. The van der Waals surface area contributed by atoms with Crippen LogP contribution in [0.3, 0.4) is 0 Å². The summed E-state index contributed by atoms with van der Waals surface area (Å²) in [5, 5.41) is 15.8. The summed E-state index contributed by atoms with van der Waals surface area (Å²) in [5.41, 5.74) is 1.23. The van der Waals surface area contributed by atoms with Crippen LogP contribution in [0.25, 0.3) is 11.4 Å². The van der Waals surface area contributed by atoms with Crippen LogP contribution >= 0.6 is 11.6 Å². The zero-order valence-corrected chi connectivity index (χ0v) is 19.1. The van der Waals surface area contributed by atoms with Gasteiger partial charge in [0.2, 0.25) is 17.6 Å². The zero-order valence-electron chi connectivity index (χ0n) is 18.3. The highest BCUT2D eigenvalue weighted by Crippen LogP contribution is 2.27. The zero-order chi connectivity index (χ0) is 23.3. The Morgan fingerprint density at radius 2 is 1.91 bits per heavy atom. The van der Waals surface area contributed by atoms with Gasteiger partial charge in [-0.3, -0.25) is 9.59 Å². The van der Waals surface area contributed by atoms with E-state index in [2.05, 4.69) is 20.7 Å². The van der Waals surface area contributed by atoms with Crippen LogP contribution in [-0.2, 0) is 9.59 Å². The number of nitrogens with zero attached hydrogens (tertiary/aromatic N) is 5. The lowest BCUT2D eigenvalue weighted by Crippen LogP contribution is -2.41. The second-order valence-electron chi connectivity index (χ2n) is 7.58. The van der Waals surface area contributed by atoms with Crippen molar-refractivity contribution in [2.24, 2.45) is 5.92 Å². The van der Waals surface area contributed by atoms with Crippen molar-refractivity contribution < 1.29 is 14.3 Å². The van der Waals surface area contributed by atoms with Crippen molar-refractivity contribution in [3.05, 3.63) is 53.6 Å². The molecule has 9 nitrogen and oxygen atoms in total. The largest absolute Gasteiger partial charge is 0.495 e. The van der Waals surface area contributed by atoms with E-state index in [0.717, 1.165) is 5.56 Å². The Morgan fingerprint density at radius 3 is 2.56 bits per heavy atom. The number of likely N-dealkylation sites (N-methyl/N-ethyl adjacent to an activating group) is 1. The Labute approximate surface area is 191 Å². The number of methoxy groups -OCH3 is 1. The Bertz CT molecular complexity index is 1090. The smallest absolute Gasteiger partial charge is 0.249 e. The summed E-state index contributed by atoms with van der Waals surface area (Å²) in [6.45, 7) is 3.61. The third-order valence-electron chi connectivity index (χ3n) is 4.79. The molecule has 0 saturated carbocycles. The lowest BCUT2D eigenvalue weighted by atomic mass is 10.0. The van der Waals surface area contributed by atoms with Crippen molar-refractivity contribution in [2.75, 3.05) is 26.0 Å². The summed E-state index contributed by atoms with van der Waals surface area (Å²) in [6, 6.07) is 13.6. The van der Waals surface area contributed by atoms with Crippen molar-refractivity contribution in [1.82, 2.24) is 25.1 Å². The summed E-state index contributed by atoms with van der Waals surface area (Å²) in [6.07, 6.45) is 0. The van der Waals surface area contributed by atoms with E-state index in [0.29, 0.717) is 22.3 Å². The van der Waals surface area contributed by atoms with Gasteiger partial charge in [-0.15, -0.1) is 10.2 Å². The number of hydrogen-bond donors (Lipinski definition) is 1. The van der Waals surface area contributed by atoms with Gasteiger partial charge in [0.25, 0.3) is 0 Å². The molecule has 0 aliphatic heterocycles. The lowest BCUT2D eigenvalue weighted by molar-refractivity contribution is -0.138. The highest BCUT2D eigenvalue weighted by Gasteiger charge is 2.30. The number of nitrogens with one attached hydrogen (secondary N) is 1. The van der Waals surface area contributed by atoms with Crippen LogP contribution < -0.4 is 10.1 Å². The number of aromatic nitrogens is 4. The monoisotopic (exact) mass is 456 g/mol. The van der Waals surface area contributed by atoms with Gasteiger partial charge in [0.05, 0.1) is 19.3 Å². The van der Waals surface area contributed by atoms with E-state index in [1.54, 1.807) is 25.2 Å². The van der Waals surface area contributed by atoms with Crippen LogP contribution in [0.2, 0.25) is 5.02 Å². The van der Waals surface area contributed by atoms with Gasteiger partial charge in [-0.2, -0.15) is 4.80 Å². The third kappa shape index (κ3) is 5.42. The molecule has 1 unspecified atom stereocenters. The molecule has 0 fully saturated rings. The maximum Gasteiger partial charge on any atom is 0.249 e. The second-order valence-corrected chi connectivity index (χ2v) is 8.01. The molecule has 0 radical (unpaired) electrons. The minimum absolute atomic E-state index is 0.126. The molecule has 32 heavy (non-hydrogen) atoms. The van der Waals surface area contributed by atoms with Crippen LogP contribution in [0.1, 0.15) is 19.9 Å². The molecule has 0 aliphatic carbocycles. The van der Waals surface area contributed by atoms with Gasteiger partial charge in [-0.1, -0.05) is 55.8 Å². The molecule has 0 saturated heterocycles. The first-order valence-electron chi connectivity index (χ1n) is 10.0. The number of benzene rings is 2. The number of amides is 2. The first kappa shape index (κ1) is 23.2. The van der Waals surface area contributed by atoms with Crippen molar-refractivity contribution in [3.8, 4) is 17.1 Å². The van der Waals surface area contributed by atoms with E-state index in [9.17, 15) is 9.59 Å². The van der Waals surface area contributed by atoms with Gasteiger partial charge >= 0.3 is 0 Å². The molecule has 1 aromatic heterocycles. The highest BCUT2D eigenvalue weighted by atomic mass is 35.5. The van der Waals surface area contributed by atoms with E-state index in [1.807, 2.05) is 44.2 Å². The molecule has 1 N–H and O–H groups in total. The average molecular weight is 457 g/mol. The van der Waals surface area contributed by atoms with Crippen LogP contribution in [0.15, 0.2) is 48.5 Å². The molecule has 3 aromatic rings. The molecule has 0 aliphatic rings. The van der Waals surface area contributed by atoms with Gasteiger partial charge in [0.15, 0.2) is 6.04 Å². The molecule has 2 amide bonds. The predicted octanol–water partition coefficient (Wildman–Crippen LogP) is 3.30. The molecule has 1 heterocycles. The quantitative estimate of drug-likeness (QED) is 0.558. The standard InChI is InChI=1S/C22H25ClN6O3/c1-14(2)20(29-26-21(25-27-29)15-8-6-5-7-9-15)22(31)28(3)13-19(30)24-17-12-16(23)10-11-18(17)32-4/h5-12,14,20H,13H2,1-4H3,(H,24,30). The van der Waals surface area contributed by atoms with Gasteiger partial charge in [-0.25, -0.2) is 0 Å². The topological polar surface area (TPSA) is 102 Å². The first-order valence-corrected chi connectivity index (χ1v) is 10.4. The Balaban J connectivity index is 1.72. The summed E-state index contributed by atoms with van der Waals surface area (Å²) >= 11 is 6.01. The summed E-state index contributed by atoms with van der Waals surface area (Å²) < 4.78 is 5.24. The van der Waals surface area contributed by atoms with Crippen LogP contribution in [0.4, 0.5) is 5.69 Å². The van der Waals surface area contributed by atoms with Gasteiger partial charge < -0.3 is 15.0 Å². The highest BCUT2D eigenvalue weighted by molar-refractivity contribution is 6.31. The van der Waals surface area contributed by atoms with Crippen molar-refractivity contribution in [3.63, 3.8) is 0 Å². The predicted molar refractivity (Wildman–Crippen MR) is 121 cm³/mol.